The Balaban J connectivity index is 1.77. The van der Waals surface area contributed by atoms with Crippen molar-refractivity contribution in [2.45, 2.75) is 6.42 Å². The Labute approximate surface area is 154 Å². The number of nitrogens with one attached hydrogen (secondary N) is 2. The molecule has 0 spiro atoms. The van der Waals surface area contributed by atoms with E-state index in [9.17, 15) is 14.0 Å². The van der Waals surface area contributed by atoms with Crippen LogP contribution < -0.4 is 20.3 Å². The van der Waals surface area contributed by atoms with Crippen molar-refractivity contribution >= 4 is 16.8 Å². The maximum Gasteiger partial charge on any atom is 0.254 e. The van der Waals surface area contributed by atoms with Crippen LogP contribution >= 0.6 is 0 Å². The van der Waals surface area contributed by atoms with Crippen LogP contribution in [0.5, 0.6) is 11.5 Å². The van der Waals surface area contributed by atoms with Crippen molar-refractivity contribution in [1.29, 1.82) is 0 Å². The molecule has 2 aromatic carbocycles. The molecule has 1 aromatic heterocycles. The number of aromatic nitrogens is 1. The minimum Gasteiger partial charge on any atom is -0.493 e. The van der Waals surface area contributed by atoms with Crippen LogP contribution in [-0.2, 0) is 6.42 Å². The van der Waals surface area contributed by atoms with E-state index in [1.165, 1.54) is 32.4 Å². The first-order valence-electron chi connectivity index (χ1n) is 8.34. The molecule has 0 atom stereocenters. The third kappa shape index (κ3) is 3.92. The number of halogens is 1. The number of carbonyl (C=O) groups is 1. The second-order valence-electron chi connectivity index (χ2n) is 5.90. The third-order valence-corrected chi connectivity index (χ3v) is 4.22. The molecule has 0 aliphatic heterocycles. The number of H-pyrrole nitrogens is 1. The highest BCUT2D eigenvalue weighted by atomic mass is 19.1. The lowest BCUT2D eigenvalue weighted by atomic mass is 10.1. The van der Waals surface area contributed by atoms with E-state index in [0.29, 0.717) is 29.0 Å². The summed E-state index contributed by atoms with van der Waals surface area (Å²) >= 11 is 0. The van der Waals surface area contributed by atoms with Gasteiger partial charge in [0, 0.05) is 23.6 Å². The van der Waals surface area contributed by atoms with Crippen LogP contribution in [-0.4, -0.2) is 31.7 Å². The molecule has 0 aliphatic carbocycles. The maximum atomic E-state index is 13.6. The second-order valence-corrected chi connectivity index (χ2v) is 5.90. The minimum absolute atomic E-state index is 0.0262. The van der Waals surface area contributed by atoms with Crippen LogP contribution in [0.1, 0.15) is 15.9 Å². The van der Waals surface area contributed by atoms with E-state index in [2.05, 4.69) is 10.3 Å². The Hall–Kier alpha value is -3.35. The highest BCUT2D eigenvalue weighted by Gasteiger charge is 2.12. The lowest BCUT2D eigenvalue weighted by Crippen LogP contribution is -2.28. The number of hydrogen-bond acceptors (Lipinski definition) is 4. The molecule has 140 valence electrons. The molecule has 0 aliphatic rings. The molecule has 1 amide bonds. The standard InChI is InChI=1S/C20H19FN2O4/c1-26-17-10-13-9-12(19(24)23-16(13)11-18(17)27-2)7-8-22-20(25)14-5-3-4-6-15(14)21/h3-6,9-11H,7-8H2,1-2H3,(H,22,25)(H,23,24). The molecule has 3 rings (SSSR count). The van der Waals surface area contributed by atoms with Gasteiger partial charge in [-0.3, -0.25) is 9.59 Å². The predicted octanol–water partition coefficient (Wildman–Crippen LogP) is 2.66. The molecule has 3 aromatic rings. The van der Waals surface area contributed by atoms with Gasteiger partial charge in [-0.1, -0.05) is 12.1 Å². The number of ether oxygens (including phenoxy) is 2. The van der Waals surface area contributed by atoms with Gasteiger partial charge in [0.2, 0.25) is 0 Å². The lowest BCUT2D eigenvalue weighted by molar-refractivity contribution is 0.0950. The van der Waals surface area contributed by atoms with Crippen LogP contribution in [0, 0.1) is 5.82 Å². The van der Waals surface area contributed by atoms with Crippen molar-refractivity contribution in [3.63, 3.8) is 0 Å². The van der Waals surface area contributed by atoms with Gasteiger partial charge >= 0.3 is 0 Å². The van der Waals surface area contributed by atoms with E-state index < -0.39 is 11.7 Å². The van der Waals surface area contributed by atoms with Crippen LogP contribution in [0.25, 0.3) is 10.9 Å². The van der Waals surface area contributed by atoms with Crippen LogP contribution in [0.4, 0.5) is 4.39 Å². The molecule has 6 nitrogen and oxygen atoms in total. The molecule has 1 heterocycles. The molecule has 7 heteroatoms. The summed E-state index contributed by atoms with van der Waals surface area (Å²) in [4.78, 5) is 27.1. The van der Waals surface area contributed by atoms with Crippen LogP contribution in [0.15, 0.2) is 47.3 Å². The Morgan fingerprint density at radius 2 is 1.81 bits per heavy atom. The van der Waals surface area contributed by atoms with Crippen molar-refractivity contribution in [3.05, 3.63) is 69.8 Å². The molecule has 0 saturated heterocycles. The van der Waals surface area contributed by atoms with Crippen LogP contribution in [0.3, 0.4) is 0 Å². The molecule has 0 unspecified atom stereocenters. The molecule has 0 radical (unpaired) electrons. The van der Waals surface area contributed by atoms with E-state index in [1.807, 2.05) is 0 Å². The zero-order valence-corrected chi connectivity index (χ0v) is 15.0. The quantitative estimate of drug-likeness (QED) is 0.699. The third-order valence-electron chi connectivity index (χ3n) is 4.22. The summed E-state index contributed by atoms with van der Waals surface area (Å²) in [5, 5.41) is 3.41. The summed E-state index contributed by atoms with van der Waals surface area (Å²) in [6.45, 7) is 0.203. The summed E-state index contributed by atoms with van der Waals surface area (Å²) in [5.74, 6) is -0.0299. The Morgan fingerprint density at radius 1 is 1.11 bits per heavy atom. The first kappa shape index (κ1) is 18.4. The van der Waals surface area contributed by atoms with Crippen molar-refractivity contribution in [2.24, 2.45) is 0 Å². The fraction of sp³-hybridized carbons (Fsp3) is 0.200. The van der Waals surface area contributed by atoms with Gasteiger partial charge in [-0.05, 0) is 30.7 Å². The molecule has 0 fully saturated rings. The van der Waals surface area contributed by atoms with Gasteiger partial charge in [0.1, 0.15) is 5.82 Å². The zero-order valence-electron chi connectivity index (χ0n) is 15.0. The molecular weight excluding hydrogens is 351 g/mol. The van der Waals surface area contributed by atoms with E-state index in [0.717, 1.165) is 5.39 Å². The number of aromatic amines is 1. The highest BCUT2D eigenvalue weighted by Crippen LogP contribution is 2.31. The molecule has 0 saturated carbocycles. The van der Waals surface area contributed by atoms with Gasteiger partial charge in [-0.25, -0.2) is 4.39 Å². The number of amides is 1. The lowest BCUT2D eigenvalue weighted by Gasteiger charge is -2.10. The number of carbonyl (C=O) groups excluding carboxylic acids is 1. The molecule has 2 N–H and O–H groups in total. The fourth-order valence-electron chi connectivity index (χ4n) is 2.82. The minimum atomic E-state index is -0.584. The predicted molar refractivity (Wildman–Crippen MR) is 100 cm³/mol. The van der Waals surface area contributed by atoms with Gasteiger partial charge < -0.3 is 19.8 Å². The average molecular weight is 370 g/mol. The Bertz CT molecular complexity index is 1050. The van der Waals surface area contributed by atoms with Crippen molar-refractivity contribution < 1.29 is 18.7 Å². The van der Waals surface area contributed by atoms with Gasteiger partial charge in [-0.2, -0.15) is 0 Å². The van der Waals surface area contributed by atoms with Crippen molar-refractivity contribution in [2.75, 3.05) is 20.8 Å². The fourth-order valence-corrected chi connectivity index (χ4v) is 2.82. The Kier molecular flexibility index (Phi) is 5.40. The monoisotopic (exact) mass is 370 g/mol. The summed E-state index contributed by atoms with van der Waals surface area (Å²) < 4.78 is 24.1. The van der Waals surface area contributed by atoms with E-state index in [1.54, 1.807) is 24.3 Å². The van der Waals surface area contributed by atoms with Crippen LogP contribution in [0.2, 0.25) is 0 Å². The number of fused-ring (bicyclic) bond motifs is 1. The molecular formula is C20H19FN2O4. The Morgan fingerprint density at radius 3 is 2.52 bits per heavy atom. The number of benzene rings is 2. The smallest absolute Gasteiger partial charge is 0.254 e. The molecule has 0 bridgehead atoms. The average Bonchev–Trinajstić information content (AvgIpc) is 2.67. The van der Waals surface area contributed by atoms with E-state index in [4.69, 9.17) is 9.47 Å². The normalized spacial score (nSPS) is 10.6. The van der Waals surface area contributed by atoms with Gasteiger partial charge in [0.05, 0.1) is 25.3 Å². The summed E-state index contributed by atoms with van der Waals surface area (Å²) in [6.07, 6.45) is 0.305. The van der Waals surface area contributed by atoms with Crippen molar-refractivity contribution in [1.82, 2.24) is 10.3 Å². The summed E-state index contributed by atoms with van der Waals surface area (Å²) in [6, 6.07) is 11.0. The summed E-state index contributed by atoms with van der Waals surface area (Å²) in [7, 11) is 3.06. The molecule has 27 heavy (non-hydrogen) atoms. The van der Waals surface area contributed by atoms with E-state index >= 15 is 0 Å². The SMILES string of the molecule is COc1cc2cc(CCNC(=O)c3ccccc3F)c(=O)[nH]c2cc1OC. The van der Waals surface area contributed by atoms with Crippen molar-refractivity contribution in [3.8, 4) is 11.5 Å². The largest absolute Gasteiger partial charge is 0.493 e. The first-order chi connectivity index (χ1) is 13.0. The number of pyridine rings is 1. The van der Waals surface area contributed by atoms with Gasteiger partial charge in [-0.15, -0.1) is 0 Å². The van der Waals surface area contributed by atoms with Gasteiger partial charge in [0.15, 0.2) is 11.5 Å². The number of hydrogen-bond donors (Lipinski definition) is 2. The highest BCUT2D eigenvalue weighted by molar-refractivity contribution is 5.94. The number of methoxy groups -OCH3 is 2. The second kappa shape index (κ2) is 7.90. The first-order valence-corrected chi connectivity index (χ1v) is 8.34. The van der Waals surface area contributed by atoms with Gasteiger partial charge in [0.25, 0.3) is 11.5 Å². The zero-order chi connectivity index (χ0) is 19.4. The topological polar surface area (TPSA) is 80.4 Å². The maximum absolute atomic E-state index is 13.6. The number of rotatable bonds is 6. The van der Waals surface area contributed by atoms with E-state index in [-0.39, 0.29) is 17.7 Å². The summed E-state index contributed by atoms with van der Waals surface area (Å²) in [5.41, 5.74) is 0.844.